The lowest BCUT2D eigenvalue weighted by Gasteiger charge is -2.05. The lowest BCUT2D eigenvalue weighted by atomic mass is 10.2. The van der Waals surface area contributed by atoms with Crippen LogP contribution >= 0.6 is 15.9 Å². The van der Waals surface area contributed by atoms with E-state index in [0.29, 0.717) is 5.69 Å². The number of hydrogen-bond acceptors (Lipinski definition) is 3. The zero-order chi connectivity index (χ0) is 14.3. The van der Waals surface area contributed by atoms with E-state index in [1.807, 2.05) is 18.2 Å². The Bertz CT molecular complexity index is 704. The van der Waals surface area contributed by atoms with Crippen molar-refractivity contribution in [2.75, 3.05) is 12.4 Å². The Hall–Kier alpha value is -1.82. The molecule has 1 aliphatic carbocycles. The van der Waals surface area contributed by atoms with E-state index in [1.165, 1.54) is 7.11 Å². The van der Waals surface area contributed by atoms with Crippen molar-refractivity contribution in [1.82, 2.24) is 4.98 Å². The van der Waals surface area contributed by atoms with Crippen LogP contribution in [0.5, 0.6) is 0 Å². The number of nitrogens with one attached hydrogen (secondary N) is 2. The van der Waals surface area contributed by atoms with Crippen molar-refractivity contribution in [1.29, 1.82) is 0 Å². The van der Waals surface area contributed by atoms with Gasteiger partial charge < -0.3 is 15.0 Å². The number of methoxy groups -OCH3 is 1. The summed E-state index contributed by atoms with van der Waals surface area (Å²) in [6.45, 7) is 0. The Balaban J connectivity index is 2.10. The highest BCUT2D eigenvalue weighted by Gasteiger charge is 2.31. The van der Waals surface area contributed by atoms with Gasteiger partial charge in [0, 0.05) is 21.3 Å². The lowest BCUT2D eigenvalue weighted by Crippen LogP contribution is -2.16. The fraction of sp³-hybridized carbons (Fsp3) is 0.286. The number of halogens is 1. The van der Waals surface area contributed by atoms with Gasteiger partial charge in [0.25, 0.3) is 0 Å². The predicted molar refractivity (Wildman–Crippen MR) is 78.7 cm³/mol. The van der Waals surface area contributed by atoms with Gasteiger partial charge >= 0.3 is 5.97 Å². The highest BCUT2D eigenvalue weighted by atomic mass is 79.9. The van der Waals surface area contributed by atoms with Crippen molar-refractivity contribution in [3.05, 3.63) is 28.4 Å². The van der Waals surface area contributed by atoms with Crippen molar-refractivity contribution >= 4 is 44.4 Å². The molecule has 5 nitrogen and oxygen atoms in total. The first-order chi connectivity index (χ1) is 9.60. The minimum atomic E-state index is -0.497. The number of H-pyrrole nitrogens is 1. The third kappa shape index (κ3) is 2.31. The molecule has 0 atom stereocenters. The molecule has 0 radical (unpaired) electrons. The standard InChI is InChI=1S/C14H13BrN2O3/c1-20-14(19)12-11(17-13(18)7-2-3-7)9-6-8(15)4-5-10(9)16-12/h4-7,16H,2-3H2,1H3,(H,17,18). The summed E-state index contributed by atoms with van der Waals surface area (Å²) < 4.78 is 5.64. The van der Waals surface area contributed by atoms with E-state index < -0.39 is 5.97 Å². The number of aromatic nitrogens is 1. The number of carbonyl (C=O) groups is 2. The number of anilines is 1. The number of aromatic amines is 1. The SMILES string of the molecule is COC(=O)c1[nH]c2ccc(Br)cc2c1NC(=O)C1CC1. The number of fused-ring (bicyclic) bond motifs is 1. The number of rotatable bonds is 3. The molecule has 104 valence electrons. The molecule has 2 aromatic rings. The van der Waals surface area contributed by atoms with Gasteiger partial charge in [-0.3, -0.25) is 4.79 Å². The average Bonchev–Trinajstić information content (AvgIpc) is 3.23. The second kappa shape index (κ2) is 4.94. The molecular formula is C14H13BrN2O3. The van der Waals surface area contributed by atoms with Crippen LogP contribution < -0.4 is 5.32 Å². The zero-order valence-corrected chi connectivity index (χ0v) is 12.4. The van der Waals surface area contributed by atoms with E-state index in [0.717, 1.165) is 28.2 Å². The molecule has 1 aromatic heterocycles. The van der Waals surface area contributed by atoms with Crippen LogP contribution in [0.25, 0.3) is 10.9 Å². The number of esters is 1. The molecular weight excluding hydrogens is 324 g/mol. The number of benzene rings is 1. The summed E-state index contributed by atoms with van der Waals surface area (Å²) in [5, 5.41) is 3.63. The van der Waals surface area contributed by atoms with E-state index in [9.17, 15) is 9.59 Å². The predicted octanol–water partition coefficient (Wildman–Crippen LogP) is 3.07. The van der Waals surface area contributed by atoms with Crippen molar-refractivity contribution in [2.45, 2.75) is 12.8 Å². The van der Waals surface area contributed by atoms with Gasteiger partial charge in [-0.25, -0.2) is 4.79 Å². The first-order valence-corrected chi connectivity index (χ1v) is 7.10. The zero-order valence-electron chi connectivity index (χ0n) is 10.8. The van der Waals surface area contributed by atoms with Crippen LogP contribution in [0.2, 0.25) is 0 Å². The molecule has 0 bridgehead atoms. The number of carbonyl (C=O) groups excluding carboxylic acids is 2. The Morgan fingerprint density at radius 2 is 2.15 bits per heavy atom. The van der Waals surface area contributed by atoms with Crippen molar-refractivity contribution in [3.63, 3.8) is 0 Å². The topological polar surface area (TPSA) is 71.2 Å². The monoisotopic (exact) mass is 336 g/mol. The summed E-state index contributed by atoms with van der Waals surface area (Å²) in [7, 11) is 1.32. The maximum Gasteiger partial charge on any atom is 0.356 e. The molecule has 1 saturated carbocycles. The van der Waals surface area contributed by atoms with Crippen LogP contribution in [0.1, 0.15) is 23.3 Å². The van der Waals surface area contributed by atoms with Gasteiger partial charge in [-0.1, -0.05) is 15.9 Å². The van der Waals surface area contributed by atoms with Gasteiger partial charge in [0.15, 0.2) is 0 Å². The Labute approximate surface area is 123 Å². The van der Waals surface area contributed by atoms with E-state index in [1.54, 1.807) is 0 Å². The Kier molecular flexibility index (Phi) is 3.25. The minimum Gasteiger partial charge on any atom is -0.464 e. The van der Waals surface area contributed by atoms with E-state index in [-0.39, 0.29) is 17.5 Å². The van der Waals surface area contributed by atoms with Crippen LogP contribution in [-0.4, -0.2) is 24.0 Å². The fourth-order valence-corrected chi connectivity index (χ4v) is 2.48. The molecule has 0 saturated heterocycles. The molecule has 1 aliphatic rings. The maximum atomic E-state index is 12.0. The van der Waals surface area contributed by atoms with Crippen LogP contribution in [0.3, 0.4) is 0 Å². The molecule has 1 heterocycles. The van der Waals surface area contributed by atoms with E-state index in [4.69, 9.17) is 4.74 Å². The quantitative estimate of drug-likeness (QED) is 0.846. The van der Waals surface area contributed by atoms with Gasteiger partial charge in [-0.05, 0) is 31.0 Å². The number of amides is 1. The smallest absolute Gasteiger partial charge is 0.356 e. The summed E-state index contributed by atoms with van der Waals surface area (Å²) in [5.74, 6) is -0.475. The van der Waals surface area contributed by atoms with Crippen molar-refractivity contribution in [3.8, 4) is 0 Å². The molecule has 20 heavy (non-hydrogen) atoms. The van der Waals surface area contributed by atoms with Gasteiger partial charge in [0.2, 0.25) is 5.91 Å². The summed E-state index contributed by atoms with van der Waals surface area (Å²) in [4.78, 5) is 26.8. The maximum absolute atomic E-state index is 12.0. The van der Waals surface area contributed by atoms with Crippen LogP contribution in [0.15, 0.2) is 22.7 Å². The summed E-state index contributed by atoms with van der Waals surface area (Å²) in [6, 6.07) is 5.58. The molecule has 6 heteroatoms. The molecule has 0 unspecified atom stereocenters. The molecule has 1 amide bonds. The third-order valence-corrected chi connectivity index (χ3v) is 3.84. The van der Waals surface area contributed by atoms with Gasteiger partial charge in [0.05, 0.1) is 12.8 Å². The summed E-state index contributed by atoms with van der Waals surface area (Å²) >= 11 is 3.39. The van der Waals surface area contributed by atoms with Crippen LogP contribution in [0.4, 0.5) is 5.69 Å². The summed E-state index contributed by atoms with van der Waals surface area (Å²) in [5.41, 5.74) is 1.54. The fourth-order valence-electron chi connectivity index (χ4n) is 2.12. The normalized spacial score (nSPS) is 14.3. The summed E-state index contributed by atoms with van der Waals surface area (Å²) in [6.07, 6.45) is 1.82. The minimum absolute atomic E-state index is 0.0453. The average molecular weight is 337 g/mol. The van der Waals surface area contributed by atoms with Gasteiger partial charge in [-0.15, -0.1) is 0 Å². The number of hydrogen-bond donors (Lipinski definition) is 2. The molecule has 0 spiro atoms. The Morgan fingerprint density at radius 1 is 1.40 bits per heavy atom. The lowest BCUT2D eigenvalue weighted by molar-refractivity contribution is -0.117. The highest BCUT2D eigenvalue weighted by Crippen LogP contribution is 2.34. The molecule has 0 aliphatic heterocycles. The number of ether oxygens (including phenoxy) is 1. The third-order valence-electron chi connectivity index (χ3n) is 3.35. The molecule has 2 N–H and O–H groups in total. The van der Waals surface area contributed by atoms with Gasteiger partial charge in [-0.2, -0.15) is 0 Å². The van der Waals surface area contributed by atoms with Crippen LogP contribution in [0, 0.1) is 5.92 Å². The Morgan fingerprint density at radius 3 is 2.80 bits per heavy atom. The van der Waals surface area contributed by atoms with Crippen LogP contribution in [-0.2, 0) is 9.53 Å². The van der Waals surface area contributed by atoms with Crippen molar-refractivity contribution < 1.29 is 14.3 Å². The second-order valence-electron chi connectivity index (χ2n) is 4.82. The highest BCUT2D eigenvalue weighted by molar-refractivity contribution is 9.10. The van der Waals surface area contributed by atoms with E-state index in [2.05, 4.69) is 26.2 Å². The first kappa shape index (κ1) is 13.2. The largest absolute Gasteiger partial charge is 0.464 e. The van der Waals surface area contributed by atoms with E-state index >= 15 is 0 Å². The first-order valence-electron chi connectivity index (χ1n) is 6.30. The van der Waals surface area contributed by atoms with Crippen molar-refractivity contribution in [2.24, 2.45) is 5.92 Å². The second-order valence-corrected chi connectivity index (χ2v) is 5.74. The molecule has 1 aromatic carbocycles. The molecule has 3 rings (SSSR count). The molecule has 1 fully saturated rings. The van der Waals surface area contributed by atoms with Gasteiger partial charge in [0.1, 0.15) is 5.69 Å².